The molecule has 10 aliphatic rings. The lowest BCUT2D eigenvalue weighted by atomic mass is 9.43. The van der Waals surface area contributed by atoms with Gasteiger partial charge in [-0.05, 0) is 319 Å². The van der Waals surface area contributed by atoms with Gasteiger partial charge in [0.15, 0.2) is 0 Å². The summed E-state index contributed by atoms with van der Waals surface area (Å²) >= 11 is 0. The van der Waals surface area contributed by atoms with Crippen LogP contribution in [0.1, 0.15) is 87.8 Å². The average Bonchev–Trinajstić information content (AvgIpc) is 1.50. The van der Waals surface area contributed by atoms with Crippen molar-refractivity contribution in [2.75, 3.05) is 9.80 Å². The number of fused-ring (bicyclic) bond motifs is 9. The molecule has 1 aromatic heterocycles. The fourth-order valence-electron chi connectivity index (χ4n) is 25.2. The molecule has 3 nitrogen and oxygen atoms in total. The fourth-order valence-corrected chi connectivity index (χ4v) is 25.2. The van der Waals surface area contributed by atoms with Crippen LogP contribution in [0.3, 0.4) is 0 Å². The first-order valence-electron chi connectivity index (χ1n) is 44.2. The molecule has 8 saturated carbocycles. The molecule has 16 aromatic carbocycles. The summed E-state index contributed by atoms with van der Waals surface area (Å²) in [5, 5.41) is 2.25. The summed E-state index contributed by atoms with van der Waals surface area (Å²) in [6.45, 7) is 0. The van der Waals surface area contributed by atoms with E-state index < -0.39 is 0 Å². The van der Waals surface area contributed by atoms with E-state index in [1.54, 1.807) is 22.3 Å². The van der Waals surface area contributed by atoms with E-state index in [4.69, 9.17) is 5.79 Å². The van der Waals surface area contributed by atoms with Crippen LogP contribution >= 0.6 is 0 Å². The van der Waals surface area contributed by atoms with Crippen LogP contribution in [-0.4, -0.2) is 0 Å². The number of para-hydroxylation sites is 2. The molecule has 3 heteroatoms. The summed E-state index contributed by atoms with van der Waals surface area (Å²) < 4.78 is 14.3. The Morgan fingerprint density at radius 2 is 0.513 bits per heavy atom. The van der Waals surface area contributed by atoms with E-state index in [9.17, 15) is 0 Å². The van der Waals surface area contributed by atoms with Crippen LogP contribution in [0.4, 0.5) is 34.1 Å². The molecule has 572 valence electrons. The third-order valence-corrected chi connectivity index (χ3v) is 29.7. The smallest absolute Gasteiger partial charge is 0.135 e. The highest BCUT2D eigenvalue weighted by atomic mass is 16.3. The molecule has 1 heterocycles. The maximum Gasteiger partial charge on any atom is 0.135 e. The number of furan rings is 1. The third kappa shape index (κ3) is 11.5. The Morgan fingerprint density at radius 3 is 0.933 bits per heavy atom. The number of hydrogen-bond acceptors (Lipinski definition) is 3. The summed E-state index contributed by atoms with van der Waals surface area (Å²) in [5.41, 5.74) is 38.5. The highest BCUT2D eigenvalue weighted by Crippen LogP contribution is 2.72. The minimum Gasteiger partial charge on any atom is -0.456 e. The van der Waals surface area contributed by atoms with Crippen LogP contribution in [-0.2, 0) is 10.8 Å². The van der Waals surface area contributed by atoms with Gasteiger partial charge >= 0.3 is 0 Å². The monoisotopic (exact) mass is 1530 g/mol. The Hall–Kier alpha value is -13.1. The van der Waals surface area contributed by atoms with Crippen LogP contribution in [0.5, 0.6) is 0 Å². The topological polar surface area (TPSA) is 19.6 Å². The van der Waals surface area contributed by atoms with Crippen LogP contribution in [0.25, 0.3) is 122 Å². The molecular formula is C116H92N2O. The number of rotatable bonds is 13. The fraction of sp³-hybridized carbons (Fsp3) is 0.172. The second kappa shape index (κ2) is 28.3. The number of anilines is 6. The van der Waals surface area contributed by atoms with Crippen molar-refractivity contribution in [3.63, 3.8) is 0 Å². The zero-order valence-corrected chi connectivity index (χ0v) is 66.9. The van der Waals surface area contributed by atoms with Crippen molar-refractivity contribution in [1.82, 2.24) is 0 Å². The van der Waals surface area contributed by atoms with Gasteiger partial charge in [-0.25, -0.2) is 0 Å². The summed E-state index contributed by atoms with van der Waals surface area (Å²) in [6.07, 6.45) is 14.3. The SMILES string of the molecule is [2H]c1cccc(-c2ccc(N(c3ccc(-c4ccccc4)cc3)c3ccc(-c4ccc(-c5cccc6c5-c5ccccc5C65C6CC7CC(C6)CC5C7)cc4)cc3)cc2)c1.c1ccc(N(c2ccc(-c3ccc(-c4ccc(-c5cccc6c5-c5ccccc5C65C6CC7CC(C6)CC5C7)cc4)cc3)cc2)c2ccc3oc4ccccc4c3c2)cc1. The summed E-state index contributed by atoms with van der Waals surface area (Å²) in [4.78, 5) is 4.65. The third-order valence-electron chi connectivity index (χ3n) is 29.7. The summed E-state index contributed by atoms with van der Waals surface area (Å²) in [5.74, 6) is 6.89. The molecule has 27 rings (SSSR count). The minimum absolute atomic E-state index is 0.186. The molecule has 10 aliphatic carbocycles. The van der Waals surface area contributed by atoms with Crippen LogP contribution in [0, 0.1) is 47.3 Å². The van der Waals surface area contributed by atoms with Crippen LogP contribution < -0.4 is 9.80 Å². The highest BCUT2D eigenvalue weighted by molar-refractivity contribution is 6.07. The molecule has 0 amide bonds. The number of hydrogen-bond donors (Lipinski definition) is 0. The molecular weight excluding hydrogens is 1440 g/mol. The van der Waals surface area contributed by atoms with Gasteiger partial charge in [0.05, 0.1) is 1.37 Å². The average molecular weight is 1530 g/mol. The predicted molar refractivity (Wildman–Crippen MR) is 494 cm³/mol. The van der Waals surface area contributed by atoms with Crippen molar-refractivity contribution < 1.29 is 5.79 Å². The molecule has 8 fully saturated rings. The van der Waals surface area contributed by atoms with Gasteiger partial charge in [0, 0.05) is 55.7 Å². The largest absolute Gasteiger partial charge is 0.456 e. The molecule has 119 heavy (non-hydrogen) atoms. The second-order valence-corrected chi connectivity index (χ2v) is 35.8. The normalized spacial score (nSPS) is 22.1. The van der Waals surface area contributed by atoms with Gasteiger partial charge < -0.3 is 14.2 Å². The van der Waals surface area contributed by atoms with Gasteiger partial charge in [0.1, 0.15) is 11.2 Å². The Morgan fingerprint density at radius 1 is 0.218 bits per heavy atom. The summed E-state index contributed by atoms with van der Waals surface area (Å²) in [6, 6.07) is 141. The van der Waals surface area contributed by atoms with Crippen molar-refractivity contribution in [3.8, 4) is 100 Å². The van der Waals surface area contributed by atoms with E-state index in [1.807, 2.05) is 30.3 Å². The maximum absolute atomic E-state index is 8.13. The van der Waals surface area contributed by atoms with Crippen LogP contribution in [0.15, 0.2) is 393 Å². The van der Waals surface area contributed by atoms with Crippen molar-refractivity contribution in [2.24, 2.45) is 47.3 Å². The molecule has 0 unspecified atom stereocenters. The van der Waals surface area contributed by atoms with E-state index in [0.717, 1.165) is 115 Å². The number of nitrogens with zero attached hydrogens (tertiary/aromatic N) is 2. The van der Waals surface area contributed by atoms with Crippen molar-refractivity contribution in [1.29, 1.82) is 0 Å². The highest BCUT2D eigenvalue weighted by Gasteiger charge is 2.63. The second-order valence-electron chi connectivity index (χ2n) is 35.8. The van der Waals surface area contributed by atoms with E-state index in [0.29, 0.717) is 6.04 Å². The molecule has 0 N–H and O–H groups in total. The van der Waals surface area contributed by atoms with Crippen molar-refractivity contribution >= 4 is 56.1 Å². The van der Waals surface area contributed by atoms with Gasteiger partial charge in [-0.3, -0.25) is 0 Å². The Kier molecular flexibility index (Phi) is 16.5. The first-order valence-corrected chi connectivity index (χ1v) is 43.7. The molecule has 0 aliphatic heterocycles. The lowest BCUT2D eigenvalue weighted by molar-refractivity contribution is -0.0399. The quantitative estimate of drug-likeness (QED) is 0.115. The first-order chi connectivity index (χ1) is 59.3. The number of benzene rings is 16. The van der Waals surface area contributed by atoms with Crippen molar-refractivity contribution in [2.45, 2.75) is 75.0 Å². The minimum atomic E-state index is 0.186. The van der Waals surface area contributed by atoms with Crippen LogP contribution in [0.2, 0.25) is 0 Å². The maximum atomic E-state index is 8.13. The summed E-state index contributed by atoms with van der Waals surface area (Å²) in [7, 11) is 0. The predicted octanol–water partition coefficient (Wildman–Crippen LogP) is 31.3. The van der Waals surface area contributed by atoms with E-state index >= 15 is 0 Å². The molecule has 2 spiro atoms. The zero-order chi connectivity index (χ0) is 79.2. The van der Waals surface area contributed by atoms with Gasteiger partial charge in [-0.1, -0.05) is 303 Å². The van der Waals surface area contributed by atoms with Gasteiger partial charge in [0.25, 0.3) is 0 Å². The van der Waals surface area contributed by atoms with Crippen molar-refractivity contribution in [3.05, 3.63) is 410 Å². The Balaban J connectivity index is 0.000000136. The van der Waals surface area contributed by atoms with E-state index in [2.05, 4.69) is 362 Å². The molecule has 0 atom stereocenters. The standard InChI is InChI=1S/C58H45NO.C58H47N/c1-2-9-46(10-3-1)59(48-29-30-56-52(36-48)50-11-5-7-16-55(50)60-56)47-27-25-42(26-28-47)40-19-17-39(18-20-40)41-21-23-43(24-22-41)49-13-8-15-54-57(49)51-12-4-6-14-53(51)58(54)44-32-37-31-38(34-44)35-45(58)33-37;1-3-10-41(11-4-1)44-22-28-50(29-23-44)59(51-30-24-45(25-31-51)42-12-5-2-6-13-42)52-32-26-46(27-33-52)43-18-20-47(21-19-43)53-15-9-17-56-57(53)54-14-7-8-16-55(54)58(56)48-35-39-34-40(37-48)38-49(58)36-39/h1-30,36-38,44-45H,31-35H2;1-33,39-40,48-49H,34-38H2/i;3D. The Labute approximate surface area is 700 Å². The molecule has 0 saturated heterocycles. The zero-order valence-electron chi connectivity index (χ0n) is 67.9. The molecule has 17 aromatic rings. The van der Waals surface area contributed by atoms with E-state index in [-0.39, 0.29) is 10.8 Å². The molecule has 0 radical (unpaired) electrons. The van der Waals surface area contributed by atoms with Gasteiger partial charge in [-0.15, -0.1) is 0 Å². The van der Waals surface area contributed by atoms with Gasteiger partial charge in [-0.2, -0.15) is 0 Å². The molecule has 8 bridgehead atoms. The van der Waals surface area contributed by atoms with E-state index in [1.165, 1.54) is 153 Å². The lowest BCUT2D eigenvalue weighted by Gasteiger charge is -2.61. The Bertz CT molecular complexity index is 6710. The van der Waals surface area contributed by atoms with Gasteiger partial charge in [0.2, 0.25) is 0 Å². The first kappa shape index (κ1) is 69.1. The lowest BCUT2D eigenvalue weighted by Crippen LogP contribution is -2.55.